The summed E-state index contributed by atoms with van der Waals surface area (Å²) in [5.41, 5.74) is 2.82. The topological polar surface area (TPSA) is 17.1 Å². The Morgan fingerprint density at radius 3 is 2.63 bits per heavy atom. The van der Waals surface area contributed by atoms with E-state index in [-0.39, 0.29) is 5.41 Å². The Bertz CT molecular complexity index is 484. The Hall–Kier alpha value is -0.850. The van der Waals surface area contributed by atoms with E-state index < -0.39 is 0 Å². The SMILES string of the molecule is CC1=CCC2[C@@]3(C)CCC=C(C)C3CC[C@@]2(C)C1=O. The van der Waals surface area contributed by atoms with Crippen LogP contribution in [0.2, 0.25) is 0 Å². The van der Waals surface area contributed by atoms with Gasteiger partial charge in [0.25, 0.3) is 0 Å². The quantitative estimate of drug-likeness (QED) is 0.576. The molecule has 0 aliphatic heterocycles. The molecule has 3 rings (SSSR count). The lowest BCUT2D eigenvalue weighted by molar-refractivity contribution is -0.140. The summed E-state index contributed by atoms with van der Waals surface area (Å²) < 4.78 is 0. The number of Topliss-reactive ketones (excluding diaryl/α,β-unsaturated/α-hetero) is 1. The second-order valence-corrected chi connectivity index (χ2v) is 7.51. The smallest absolute Gasteiger partial charge is 0.164 e. The van der Waals surface area contributed by atoms with Crippen LogP contribution in [0.3, 0.4) is 0 Å². The van der Waals surface area contributed by atoms with Crippen molar-refractivity contribution < 1.29 is 4.79 Å². The Morgan fingerprint density at radius 1 is 1.16 bits per heavy atom. The first-order valence-corrected chi connectivity index (χ1v) is 7.78. The minimum atomic E-state index is -0.0955. The van der Waals surface area contributed by atoms with Gasteiger partial charge in [0.05, 0.1) is 0 Å². The molecule has 0 aromatic carbocycles. The molecular formula is C18H26O. The molecule has 0 radical (unpaired) electrons. The maximum absolute atomic E-state index is 12.7. The van der Waals surface area contributed by atoms with E-state index in [0.29, 0.717) is 23.0 Å². The molecule has 2 unspecified atom stereocenters. The third-order valence-corrected chi connectivity index (χ3v) is 6.55. The molecule has 0 amide bonds. The van der Waals surface area contributed by atoms with Gasteiger partial charge in [-0.25, -0.2) is 0 Å². The first kappa shape index (κ1) is 13.1. The fraction of sp³-hybridized carbons (Fsp3) is 0.722. The lowest BCUT2D eigenvalue weighted by Gasteiger charge is -2.58. The average Bonchev–Trinajstić information content (AvgIpc) is 2.35. The van der Waals surface area contributed by atoms with Crippen molar-refractivity contribution in [3.8, 4) is 0 Å². The van der Waals surface area contributed by atoms with Gasteiger partial charge >= 0.3 is 0 Å². The lowest BCUT2D eigenvalue weighted by Crippen LogP contribution is -2.54. The molecule has 3 aliphatic carbocycles. The highest BCUT2D eigenvalue weighted by atomic mass is 16.1. The Morgan fingerprint density at radius 2 is 1.89 bits per heavy atom. The Balaban J connectivity index is 2.06. The van der Waals surface area contributed by atoms with E-state index in [1.54, 1.807) is 5.57 Å². The van der Waals surface area contributed by atoms with E-state index in [2.05, 4.69) is 32.9 Å². The van der Waals surface area contributed by atoms with Crippen LogP contribution in [0.1, 0.15) is 59.8 Å². The maximum atomic E-state index is 12.7. The van der Waals surface area contributed by atoms with E-state index in [0.717, 1.165) is 18.4 Å². The standard InChI is InChI=1S/C18H26O/c1-12-6-5-10-17(3)14(12)9-11-18(4)15(17)8-7-13(2)16(18)19/h6-7,14-15H,5,8-11H2,1-4H3/t14?,15?,17-,18+/m0/s1. The van der Waals surface area contributed by atoms with Gasteiger partial charge in [-0.1, -0.05) is 31.6 Å². The number of hydrogen-bond acceptors (Lipinski definition) is 1. The molecule has 104 valence electrons. The maximum Gasteiger partial charge on any atom is 0.164 e. The lowest BCUT2D eigenvalue weighted by atomic mass is 9.45. The van der Waals surface area contributed by atoms with Gasteiger partial charge in [-0.15, -0.1) is 0 Å². The zero-order valence-electron chi connectivity index (χ0n) is 12.8. The van der Waals surface area contributed by atoms with Crippen LogP contribution in [0, 0.1) is 22.7 Å². The highest BCUT2D eigenvalue weighted by Crippen LogP contribution is 2.62. The van der Waals surface area contributed by atoms with Gasteiger partial charge < -0.3 is 0 Å². The fourth-order valence-corrected chi connectivity index (χ4v) is 5.41. The average molecular weight is 258 g/mol. The zero-order valence-corrected chi connectivity index (χ0v) is 12.8. The predicted molar refractivity (Wildman–Crippen MR) is 78.8 cm³/mol. The van der Waals surface area contributed by atoms with Crippen molar-refractivity contribution in [1.82, 2.24) is 0 Å². The van der Waals surface area contributed by atoms with E-state index in [9.17, 15) is 4.79 Å². The summed E-state index contributed by atoms with van der Waals surface area (Å²) >= 11 is 0. The van der Waals surface area contributed by atoms with E-state index in [4.69, 9.17) is 0 Å². The summed E-state index contributed by atoms with van der Waals surface area (Å²) in [4.78, 5) is 12.7. The minimum Gasteiger partial charge on any atom is -0.294 e. The highest BCUT2D eigenvalue weighted by Gasteiger charge is 2.57. The molecule has 3 aliphatic rings. The van der Waals surface area contributed by atoms with Gasteiger partial charge in [0.2, 0.25) is 0 Å². The number of rotatable bonds is 0. The molecule has 4 atom stereocenters. The summed E-state index contributed by atoms with van der Waals surface area (Å²) in [6.07, 6.45) is 10.5. The van der Waals surface area contributed by atoms with Crippen molar-refractivity contribution in [2.75, 3.05) is 0 Å². The number of hydrogen-bond donors (Lipinski definition) is 0. The van der Waals surface area contributed by atoms with Crippen molar-refractivity contribution in [3.63, 3.8) is 0 Å². The fourth-order valence-electron chi connectivity index (χ4n) is 5.41. The molecule has 0 aromatic heterocycles. The molecule has 1 saturated carbocycles. The van der Waals surface area contributed by atoms with Gasteiger partial charge in [0.15, 0.2) is 5.78 Å². The van der Waals surface area contributed by atoms with Crippen molar-refractivity contribution in [3.05, 3.63) is 23.3 Å². The van der Waals surface area contributed by atoms with E-state index in [1.165, 1.54) is 19.3 Å². The molecule has 1 heteroatoms. The normalized spacial score (nSPS) is 46.0. The van der Waals surface area contributed by atoms with Crippen molar-refractivity contribution in [2.45, 2.75) is 59.8 Å². The molecule has 1 nitrogen and oxygen atoms in total. The Labute approximate surface area is 117 Å². The molecule has 0 aromatic rings. The summed E-state index contributed by atoms with van der Waals surface area (Å²) in [5.74, 6) is 1.67. The summed E-state index contributed by atoms with van der Waals surface area (Å²) in [6, 6.07) is 0. The van der Waals surface area contributed by atoms with E-state index in [1.807, 2.05) is 6.92 Å². The molecular weight excluding hydrogens is 232 g/mol. The second-order valence-electron chi connectivity index (χ2n) is 7.51. The first-order chi connectivity index (χ1) is 8.89. The van der Waals surface area contributed by atoms with Crippen molar-refractivity contribution in [2.24, 2.45) is 22.7 Å². The first-order valence-electron chi connectivity index (χ1n) is 7.78. The van der Waals surface area contributed by atoms with Crippen molar-refractivity contribution >= 4 is 5.78 Å². The third-order valence-electron chi connectivity index (χ3n) is 6.55. The summed E-state index contributed by atoms with van der Waals surface area (Å²) in [5, 5.41) is 0. The van der Waals surface area contributed by atoms with Crippen LogP contribution in [-0.4, -0.2) is 5.78 Å². The molecule has 0 bridgehead atoms. The second kappa shape index (κ2) is 4.07. The molecule has 0 spiro atoms. The highest BCUT2D eigenvalue weighted by molar-refractivity contribution is 6.00. The number of carbonyl (C=O) groups excluding carboxylic acids is 1. The largest absolute Gasteiger partial charge is 0.294 e. The van der Waals surface area contributed by atoms with Crippen LogP contribution in [-0.2, 0) is 4.79 Å². The van der Waals surface area contributed by atoms with Gasteiger partial charge in [-0.2, -0.15) is 0 Å². The summed E-state index contributed by atoms with van der Waals surface area (Å²) in [6.45, 7) is 9.00. The van der Waals surface area contributed by atoms with Gasteiger partial charge in [-0.3, -0.25) is 4.79 Å². The van der Waals surface area contributed by atoms with Crippen LogP contribution >= 0.6 is 0 Å². The zero-order chi connectivity index (χ0) is 13.8. The Kier molecular flexibility index (Phi) is 2.82. The van der Waals surface area contributed by atoms with Crippen molar-refractivity contribution in [1.29, 1.82) is 0 Å². The van der Waals surface area contributed by atoms with Crippen LogP contribution in [0.4, 0.5) is 0 Å². The molecule has 19 heavy (non-hydrogen) atoms. The van der Waals surface area contributed by atoms with Gasteiger partial charge in [0.1, 0.15) is 0 Å². The van der Waals surface area contributed by atoms with E-state index >= 15 is 0 Å². The van der Waals surface area contributed by atoms with Crippen LogP contribution in [0.15, 0.2) is 23.3 Å². The monoisotopic (exact) mass is 258 g/mol. The number of allylic oxidation sites excluding steroid dienone is 4. The molecule has 0 saturated heterocycles. The number of fused-ring (bicyclic) bond motifs is 3. The van der Waals surface area contributed by atoms with Crippen LogP contribution in [0.25, 0.3) is 0 Å². The minimum absolute atomic E-state index is 0.0955. The molecule has 1 fully saturated rings. The molecule has 0 heterocycles. The molecule has 0 N–H and O–H groups in total. The number of ketones is 1. The third kappa shape index (κ3) is 1.63. The summed E-state index contributed by atoms with van der Waals surface area (Å²) in [7, 11) is 0. The van der Waals surface area contributed by atoms with Crippen LogP contribution in [0.5, 0.6) is 0 Å². The van der Waals surface area contributed by atoms with Gasteiger partial charge in [0, 0.05) is 5.41 Å². The van der Waals surface area contributed by atoms with Gasteiger partial charge in [-0.05, 0) is 68.8 Å². The number of carbonyl (C=O) groups is 1. The van der Waals surface area contributed by atoms with Crippen LogP contribution < -0.4 is 0 Å². The predicted octanol–water partition coefficient (Wildman–Crippen LogP) is 4.68.